The van der Waals surface area contributed by atoms with Gasteiger partial charge in [0.15, 0.2) is 0 Å². The lowest BCUT2D eigenvalue weighted by Crippen LogP contribution is -1.94. The first-order valence-corrected chi connectivity index (χ1v) is 4.99. The van der Waals surface area contributed by atoms with Crippen molar-refractivity contribution in [2.75, 3.05) is 0 Å². The van der Waals surface area contributed by atoms with E-state index in [9.17, 15) is 17.8 Å². The molecule has 0 spiro atoms. The molecule has 0 saturated carbocycles. The number of carbonyl (C=O) groups is 1. The van der Waals surface area contributed by atoms with E-state index in [-0.39, 0.29) is 4.90 Å². The van der Waals surface area contributed by atoms with Gasteiger partial charge in [0.2, 0.25) is 0 Å². The van der Waals surface area contributed by atoms with Crippen LogP contribution in [-0.4, -0.2) is 15.3 Å². The third-order valence-electron chi connectivity index (χ3n) is 1.44. The predicted molar refractivity (Wildman–Crippen MR) is 49.5 cm³/mol. The van der Waals surface area contributed by atoms with E-state index in [2.05, 4.69) is 0 Å². The van der Waals surface area contributed by atoms with Crippen molar-refractivity contribution in [2.24, 2.45) is 0 Å². The van der Waals surface area contributed by atoms with E-state index in [0.29, 0.717) is 12.1 Å². The second-order valence-electron chi connectivity index (χ2n) is 2.51. The zero-order chi connectivity index (χ0) is 11.4. The minimum Gasteiger partial charge on any atom is -0.478 e. The Morgan fingerprint density at radius 1 is 1.40 bits per heavy atom. The Labute approximate surface area is 86.5 Å². The highest BCUT2D eigenvalue weighted by atomic mass is 32.2. The average molecular weight is 232 g/mol. The highest BCUT2D eigenvalue weighted by Crippen LogP contribution is 2.14. The van der Waals surface area contributed by atoms with Gasteiger partial charge >= 0.3 is 5.97 Å². The van der Waals surface area contributed by atoms with Crippen molar-refractivity contribution in [1.29, 1.82) is 0 Å². The fraction of sp³-hybridized carbons (Fsp3) is 0. The van der Waals surface area contributed by atoms with Crippen molar-refractivity contribution in [2.45, 2.75) is 4.90 Å². The lowest BCUT2D eigenvalue weighted by molar-refractivity contribution is -0.131. The number of halogens is 2. The van der Waals surface area contributed by atoms with Crippen molar-refractivity contribution >= 4 is 16.8 Å². The van der Waals surface area contributed by atoms with Crippen molar-refractivity contribution in [3.05, 3.63) is 41.3 Å². The lowest BCUT2D eigenvalue weighted by Gasteiger charge is -1.98. The molecule has 0 bridgehead atoms. The Morgan fingerprint density at radius 2 is 2.07 bits per heavy atom. The van der Waals surface area contributed by atoms with E-state index < -0.39 is 28.4 Å². The van der Waals surface area contributed by atoms with Crippen LogP contribution in [-0.2, 0) is 15.6 Å². The van der Waals surface area contributed by atoms with Crippen molar-refractivity contribution in [3.63, 3.8) is 0 Å². The summed E-state index contributed by atoms with van der Waals surface area (Å²) in [6.45, 7) is 0. The zero-order valence-electron chi connectivity index (χ0n) is 7.31. The molecule has 1 unspecified atom stereocenters. The molecule has 1 aromatic carbocycles. The summed E-state index contributed by atoms with van der Waals surface area (Å²) in [5.41, 5.74) is 0. The van der Waals surface area contributed by atoms with E-state index >= 15 is 0 Å². The molecule has 0 amide bonds. The SMILES string of the molecule is O=C(O)/C=C/S(=O)c1ccc(F)cc1F. The molecule has 0 radical (unpaired) electrons. The Bertz CT molecular complexity index is 443. The van der Waals surface area contributed by atoms with Gasteiger partial charge in [0, 0.05) is 17.6 Å². The third-order valence-corrected chi connectivity index (χ3v) is 2.59. The monoisotopic (exact) mass is 232 g/mol. The second kappa shape index (κ2) is 4.79. The van der Waals surface area contributed by atoms with Crippen LogP contribution in [0.2, 0.25) is 0 Å². The molecule has 0 saturated heterocycles. The van der Waals surface area contributed by atoms with E-state index in [0.717, 1.165) is 17.5 Å². The number of hydrogen-bond acceptors (Lipinski definition) is 2. The predicted octanol–water partition coefficient (Wildman–Crippen LogP) is 1.67. The molecule has 0 fully saturated rings. The number of benzene rings is 1. The third kappa shape index (κ3) is 3.25. The van der Waals surface area contributed by atoms with E-state index in [4.69, 9.17) is 5.11 Å². The normalized spacial score (nSPS) is 12.9. The molecule has 6 heteroatoms. The fourth-order valence-electron chi connectivity index (χ4n) is 0.832. The van der Waals surface area contributed by atoms with Crippen LogP contribution in [0.5, 0.6) is 0 Å². The van der Waals surface area contributed by atoms with Crippen LogP contribution in [0, 0.1) is 11.6 Å². The molecule has 0 heterocycles. The van der Waals surface area contributed by atoms with Gasteiger partial charge < -0.3 is 5.11 Å². The molecule has 0 aliphatic heterocycles. The largest absolute Gasteiger partial charge is 0.478 e. The Balaban J connectivity index is 2.97. The minimum absolute atomic E-state index is 0.256. The first kappa shape index (κ1) is 11.5. The maximum Gasteiger partial charge on any atom is 0.328 e. The van der Waals surface area contributed by atoms with E-state index in [1.807, 2.05) is 0 Å². The van der Waals surface area contributed by atoms with Gasteiger partial charge in [0.05, 0.1) is 15.7 Å². The quantitative estimate of drug-likeness (QED) is 0.806. The van der Waals surface area contributed by atoms with Gasteiger partial charge in [-0.05, 0) is 12.1 Å². The number of hydrogen-bond donors (Lipinski definition) is 1. The highest BCUT2D eigenvalue weighted by molar-refractivity contribution is 7.88. The van der Waals surface area contributed by atoms with Gasteiger partial charge in [0.25, 0.3) is 0 Å². The molecule has 1 N–H and O–H groups in total. The smallest absolute Gasteiger partial charge is 0.328 e. The molecular weight excluding hydrogens is 226 g/mol. The van der Waals surface area contributed by atoms with Crippen molar-refractivity contribution in [1.82, 2.24) is 0 Å². The molecule has 0 aliphatic rings. The molecule has 0 aliphatic carbocycles. The Morgan fingerprint density at radius 3 is 2.60 bits per heavy atom. The average Bonchev–Trinajstić information content (AvgIpc) is 2.14. The van der Waals surface area contributed by atoms with Gasteiger partial charge in [-0.2, -0.15) is 0 Å². The molecule has 1 aromatic rings. The topological polar surface area (TPSA) is 54.4 Å². The maximum absolute atomic E-state index is 13.0. The molecule has 80 valence electrons. The van der Waals surface area contributed by atoms with Gasteiger partial charge in [-0.25, -0.2) is 17.8 Å². The minimum atomic E-state index is -1.93. The van der Waals surface area contributed by atoms with Crippen molar-refractivity contribution < 1.29 is 22.9 Å². The summed E-state index contributed by atoms with van der Waals surface area (Å²) in [4.78, 5) is 9.84. The van der Waals surface area contributed by atoms with Gasteiger partial charge in [0.1, 0.15) is 11.6 Å². The summed E-state index contributed by atoms with van der Waals surface area (Å²) in [7, 11) is -1.93. The van der Waals surface area contributed by atoms with Gasteiger partial charge in [-0.15, -0.1) is 0 Å². The summed E-state index contributed by atoms with van der Waals surface area (Å²) < 4.78 is 36.8. The van der Waals surface area contributed by atoms with Crippen molar-refractivity contribution in [3.8, 4) is 0 Å². The van der Waals surface area contributed by atoms with Crippen LogP contribution in [0.1, 0.15) is 0 Å². The molecule has 1 rings (SSSR count). The van der Waals surface area contributed by atoms with E-state index in [1.54, 1.807) is 0 Å². The fourth-order valence-corrected chi connectivity index (χ4v) is 1.67. The number of aliphatic carboxylic acids is 1. The van der Waals surface area contributed by atoms with Crippen LogP contribution < -0.4 is 0 Å². The molecule has 3 nitrogen and oxygen atoms in total. The lowest BCUT2D eigenvalue weighted by atomic mass is 10.3. The van der Waals surface area contributed by atoms with Crippen LogP contribution in [0.3, 0.4) is 0 Å². The van der Waals surface area contributed by atoms with Gasteiger partial charge in [-0.3, -0.25) is 0 Å². The molecule has 1 atom stereocenters. The van der Waals surface area contributed by atoms with Crippen LogP contribution in [0.4, 0.5) is 8.78 Å². The number of carboxylic acid groups (broad SMARTS) is 1. The zero-order valence-corrected chi connectivity index (χ0v) is 8.13. The summed E-state index contributed by atoms with van der Waals surface area (Å²) >= 11 is 0. The second-order valence-corrected chi connectivity index (χ2v) is 3.82. The molecule has 15 heavy (non-hydrogen) atoms. The number of rotatable bonds is 3. The van der Waals surface area contributed by atoms with E-state index in [1.165, 1.54) is 0 Å². The highest BCUT2D eigenvalue weighted by Gasteiger charge is 2.08. The molecule has 0 aromatic heterocycles. The first-order valence-electron chi connectivity index (χ1n) is 3.77. The Hall–Kier alpha value is -1.56. The summed E-state index contributed by atoms with van der Waals surface area (Å²) in [6.07, 6.45) is 0.638. The maximum atomic E-state index is 13.0. The van der Waals surface area contributed by atoms with Crippen LogP contribution in [0.25, 0.3) is 0 Å². The standard InChI is InChI=1S/C9H6F2O3S/c10-6-1-2-8(7(11)5-6)15(14)4-3-9(12)13/h1-5H,(H,12,13)/b4-3+. The Kier molecular flexibility index (Phi) is 3.68. The summed E-state index contributed by atoms with van der Waals surface area (Å²) in [6, 6.07) is 2.54. The van der Waals surface area contributed by atoms with Crippen LogP contribution >= 0.6 is 0 Å². The number of carboxylic acids is 1. The molecular formula is C9H6F2O3S. The van der Waals surface area contributed by atoms with Crippen LogP contribution in [0.15, 0.2) is 34.6 Å². The summed E-state index contributed by atoms with van der Waals surface area (Å²) in [5, 5.41) is 9.07. The summed E-state index contributed by atoms with van der Waals surface area (Å²) in [5.74, 6) is -3.04. The van der Waals surface area contributed by atoms with Gasteiger partial charge in [-0.1, -0.05) is 0 Å². The first-order chi connectivity index (χ1) is 7.00.